The zero-order chi connectivity index (χ0) is 9.97. The molecule has 2 rings (SSSR count). The summed E-state index contributed by atoms with van der Waals surface area (Å²) in [6.45, 7) is 4.55. The molecule has 0 aliphatic heterocycles. The van der Waals surface area contributed by atoms with E-state index in [1.807, 2.05) is 0 Å². The van der Waals surface area contributed by atoms with Crippen molar-refractivity contribution in [3.8, 4) is 0 Å². The number of nitrogens with zero attached hydrogens (tertiary/aromatic N) is 2. The molecule has 1 aromatic rings. The Hall–Kier alpha value is -0.640. The Morgan fingerprint density at radius 3 is 2.71 bits per heavy atom. The first kappa shape index (κ1) is 9.90. The highest BCUT2D eigenvalue weighted by molar-refractivity contribution is 7.13. The second-order valence-electron chi connectivity index (χ2n) is 4.35. The molecule has 4 heteroatoms. The van der Waals surface area contributed by atoms with Gasteiger partial charge in [0, 0.05) is 6.04 Å². The molecule has 0 saturated heterocycles. The Balaban J connectivity index is 1.97. The summed E-state index contributed by atoms with van der Waals surface area (Å²) in [6, 6.07) is 0.580. The fraction of sp³-hybridized carbons (Fsp3) is 0.800. The van der Waals surface area contributed by atoms with Gasteiger partial charge in [-0.05, 0) is 24.7 Å². The summed E-state index contributed by atoms with van der Waals surface area (Å²) in [5, 5.41) is 12.4. The zero-order valence-corrected chi connectivity index (χ0v) is 9.55. The van der Waals surface area contributed by atoms with Crippen LogP contribution in [0, 0.1) is 11.8 Å². The molecule has 1 aliphatic rings. The van der Waals surface area contributed by atoms with Gasteiger partial charge in [-0.2, -0.15) is 0 Å². The highest BCUT2D eigenvalue weighted by atomic mass is 32.1. The van der Waals surface area contributed by atoms with Gasteiger partial charge in [0.15, 0.2) is 0 Å². The lowest BCUT2D eigenvalue weighted by atomic mass is 9.76. The first-order valence-corrected chi connectivity index (χ1v) is 6.18. The molecule has 1 N–H and O–H groups in total. The summed E-state index contributed by atoms with van der Waals surface area (Å²) < 4.78 is 0. The van der Waals surface area contributed by atoms with E-state index in [9.17, 15) is 0 Å². The fourth-order valence-corrected chi connectivity index (χ4v) is 2.50. The van der Waals surface area contributed by atoms with Crippen molar-refractivity contribution in [3.05, 3.63) is 5.51 Å². The van der Waals surface area contributed by atoms with Crippen molar-refractivity contribution >= 4 is 16.5 Å². The molecule has 0 aromatic carbocycles. The Kier molecular flexibility index (Phi) is 3.01. The van der Waals surface area contributed by atoms with E-state index in [0.29, 0.717) is 12.0 Å². The maximum Gasteiger partial charge on any atom is 0.205 e. The van der Waals surface area contributed by atoms with Crippen LogP contribution in [0.5, 0.6) is 0 Å². The molecule has 1 heterocycles. The number of nitrogens with one attached hydrogen (secondary N) is 1. The number of anilines is 1. The van der Waals surface area contributed by atoms with Crippen LogP contribution in [0.15, 0.2) is 5.51 Å². The number of hydrogen-bond acceptors (Lipinski definition) is 4. The van der Waals surface area contributed by atoms with Gasteiger partial charge in [-0.15, -0.1) is 10.2 Å². The Bertz CT molecular complexity index is 267. The van der Waals surface area contributed by atoms with E-state index < -0.39 is 0 Å². The van der Waals surface area contributed by atoms with E-state index in [-0.39, 0.29) is 0 Å². The molecule has 1 aromatic heterocycles. The number of aromatic nitrogens is 2. The monoisotopic (exact) mass is 211 g/mol. The number of rotatable bonds is 4. The van der Waals surface area contributed by atoms with Gasteiger partial charge < -0.3 is 5.32 Å². The first-order chi connectivity index (χ1) is 6.77. The summed E-state index contributed by atoms with van der Waals surface area (Å²) in [6.07, 6.45) is 4.13. The Morgan fingerprint density at radius 1 is 1.50 bits per heavy atom. The van der Waals surface area contributed by atoms with Gasteiger partial charge in [0.1, 0.15) is 5.51 Å². The van der Waals surface area contributed by atoms with Crippen LogP contribution in [0.4, 0.5) is 5.13 Å². The lowest BCUT2D eigenvalue weighted by molar-refractivity contribution is 0.237. The second kappa shape index (κ2) is 4.26. The predicted molar refractivity (Wildman–Crippen MR) is 59.5 cm³/mol. The van der Waals surface area contributed by atoms with Crippen molar-refractivity contribution in [2.45, 2.75) is 39.2 Å². The van der Waals surface area contributed by atoms with E-state index in [2.05, 4.69) is 29.4 Å². The minimum atomic E-state index is 0.580. The Labute approximate surface area is 88.9 Å². The lowest BCUT2D eigenvalue weighted by Gasteiger charge is -2.36. The second-order valence-corrected chi connectivity index (χ2v) is 5.18. The summed E-state index contributed by atoms with van der Waals surface area (Å²) >= 11 is 1.59. The molecule has 78 valence electrons. The predicted octanol–water partition coefficient (Wildman–Crippen LogP) is 2.77. The minimum Gasteiger partial charge on any atom is -0.357 e. The molecule has 1 unspecified atom stereocenters. The van der Waals surface area contributed by atoms with Crippen LogP contribution in [-0.2, 0) is 0 Å². The van der Waals surface area contributed by atoms with Crippen LogP contribution in [0.25, 0.3) is 0 Å². The zero-order valence-electron chi connectivity index (χ0n) is 8.73. The van der Waals surface area contributed by atoms with Crippen molar-refractivity contribution in [2.75, 3.05) is 5.32 Å². The van der Waals surface area contributed by atoms with Crippen molar-refractivity contribution in [3.63, 3.8) is 0 Å². The van der Waals surface area contributed by atoms with Crippen molar-refractivity contribution in [1.82, 2.24) is 10.2 Å². The molecular formula is C10H17N3S. The molecule has 3 nitrogen and oxygen atoms in total. The summed E-state index contributed by atoms with van der Waals surface area (Å²) in [5.41, 5.74) is 1.78. The standard InChI is InChI=1S/C10H17N3S/c1-7(2)9(8-4-3-5-8)12-10-13-11-6-14-10/h6-9H,3-5H2,1-2H3,(H,12,13). The van der Waals surface area contributed by atoms with Gasteiger partial charge in [-0.1, -0.05) is 31.6 Å². The third-order valence-electron chi connectivity index (χ3n) is 3.03. The molecule has 1 fully saturated rings. The van der Waals surface area contributed by atoms with E-state index >= 15 is 0 Å². The molecule has 0 radical (unpaired) electrons. The van der Waals surface area contributed by atoms with Crippen LogP contribution in [0.1, 0.15) is 33.1 Å². The van der Waals surface area contributed by atoms with Crippen LogP contribution in [0.2, 0.25) is 0 Å². The van der Waals surface area contributed by atoms with Gasteiger partial charge in [0.05, 0.1) is 0 Å². The third kappa shape index (κ3) is 2.05. The van der Waals surface area contributed by atoms with Gasteiger partial charge in [0.2, 0.25) is 5.13 Å². The molecule has 1 saturated carbocycles. The van der Waals surface area contributed by atoms with Crippen LogP contribution < -0.4 is 5.32 Å². The number of hydrogen-bond donors (Lipinski definition) is 1. The molecule has 0 amide bonds. The molecule has 0 spiro atoms. The highest BCUT2D eigenvalue weighted by Crippen LogP contribution is 2.34. The maximum atomic E-state index is 4.04. The maximum absolute atomic E-state index is 4.04. The van der Waals surface area contributed by atoms with Crippen LogP contribution in [0.3, 0.4) is 0 Å². The highest BCUT2D eigenvalue weighted by Gasteiger charge is 2.29. The normalized spacial score (nSPS) is 19.4. The summed E-state index contributed by atoms with van der Waals surface area (Å²) in [4.78, 5) is 0. The molecule has 14 heavy (non-hydrogen) atoms. The first-order valence-electron chi connectivity index (χ1n) is 5.30. The van der Waals surface area contributed by atoms with E-state index in [1.54, 1.807) is 16.8 Å². The minimum absolute atomic E-state index is 0.580. The van der Waals surface area contributed by atoms with Crippen molar-refractivity contribution < 1.29 is 0 Å². The summed E-state index contributed by atoms with van der Waals surface area (Å²) in [7, 11) is 0. The molecule has 1 aliphatic carbocycles. The average molecular weight is 211 g/mol. The van der Waals surface area contributed by atoms with Crippen molar-refractivity contribution in [1.29, 1.82) is 0 Å². The van der Waals surface area contributed by atoms with Crippen LogP contribution in [-0.4, -0.2) is 16.2 Å². The molecular weight excluding hydrogens is 194 g/mol. The van der Waals surface area contributed by atoms with E-state index in [0.717, 1.165) is 11.0 Å². The smallest absolute Gasteiger partial charge is 0.205 e. The van der Waals surface area contributed by atoms with Crippen LogP contribution >= 0.6 is 11.3 Å². The topological polar surface area (TPSA) is 37.8 Å². The van der Waals surface area contributed by atoms with E-state index in [4.69, 9.17) is 0 Å². The fourth-order valence-electron chi connectivity index (χ4n) is 2.01. The van der Waals surface area contributed by atoms with Crippen molar-refractivity contribution in [2.24, 2.45) is 11.8 Å². The summed E-state index contributed by atoms with van der Waals surface area (Å²) in [5.74, 6) is 1.52. The molecule has 1 atom stereocenters. The van der Waals surface area contributed by atoms with Gasteiger partial charge >= 0.3 is 0 Å². The van der Waals surface area contributed by atoms with Gasteiger partial charge in [0.25, 0.3) is 0 Å². The van der Waals surface area contributed by atoms with E-state index in [1.165, 1.54) is 19.3 Å². The average Bonchev–Trinajstić information content (AvgIpc) is 2.52. The Morgan fingerprint density at radius 2 is 2.29 bits per heavy atom. The SMILES string of the molecule is CC(C)C(Nc1nncs1)C1CCC1. The van der Waals surface area contributed by atoms with Gasteiger partial charge in [-0.25, -0.2) is 0 Å². The quantitative estimate of drug-likeness (QED) is 0.832. The third-order valence-corrected chi connectivity index (χ3v) is 3.65. The largest absolute Gasteiger partial charge is 0.357 e. The lowest BCUT2D eigenvalue weighted by Crippen LogP contribution is -2.37. The molecule has 0 bridgehead atoms. The van der Waals surface area contributed by atoms with Gasteiger partial charge in [-0.3, -0.25) is 0 Å².